The molecule has 1 rings (SSSR count). The molecule has 0 bridgehead atoms. The molecule has 0 aliphatic rings. The second-order valence-corrected chi connectivity index (χ2v) is 5.46. The topological polar surface area (TPSA) is 64.3 Å². The van der Waals surface area contributed by atoms with E-state index >= 15 is 0 Å². The van der Waals surface area contributed by atoms with Crippen LogP contribution in [0.15, 0.2) is 24.3 Å². The Labute approximate surface area is 119 Å². The Morgan fingerprint density at radius 2 is 2.16 bits per heavy atom. The first kappa shape index (κ1) is 15.9. The fourth-order valence-corrected chi connectivity index (χ4v) is 2.46. The third-order valence-electron chi connectivity index (χ3n) is 2.50. The molecule has 0 saturated carbocycles. The van der Waals surface area contributed by atoms with Crippen LogP contribution in [0.4, 0.5) is 11.4 Å². The van der Waals surface area contributed by atoms with E-state index < -0.39 is 0 Å². The van der Waals surface area contributed by atoms with Crippen molar-refractivity contribution in [2.24, 2.45) is 0 Å². The predicted molar refractivity (Wildman–Crippen MR) is 82.5 cm³/mol. The quantitative estimate of drug-likeness (QED) is 0.540. The fraction of sp³-hybridized carbons (Fsp3) is 0.500. The second-order valence-electron chi connectivity index (χ2n) is 4.24. The Kier molecular flexibility index (Phi) is 8.09. The lowest BCUT2D eigenvalue weighted by Crippen LogP contribution is -2.11. The van der Waals surface area contributed by atoms with Crippen molar-refractivity contribution < 1.29 is 9.53 Å². The lowest BCUT2D eigenvalue weighted by molar-refractivity contribution is -0.116. The monoisotopic (exact) mass is 282 g/mol. The van der Waals surface area contributed by atoms with Crippen LogP contribution in [-0.4, -0.2) is 31.1 Å². The molecular weight excluding hydrogens is 260 g/mol. The number of hydrogen-bond acceptors (Lipinski definition) is 4. The zero-order chi connectivity index (χ0) is 13.9. The van der Waals surface area contributed by atoms with Crippen LogP contribution in [0.3, 0.4) is 0 Å². The summed E-state index contributed by atoms with van der Waals surface area (Å²) in [6, 6.07) is 7.23. The average Bonchev–Trinajstić information content (AvgIpc) is 2.37. The van der Waals surface area contributed by atoms with Gasteiger partial charge in [-0.2, -0.15) is 11.8 Å². The molecule has 1 aromatic rings. The first-order valence-corrected chi connectivity index (χ1v) is 7.60. The highest BCUT2D eigenvalue weighted by Crippen LogP contribution is 2.13. The smallest absolute Gasteiger partial charge is 0.224 e. The standard InChI is InChI=1S/C14H22N2O2S/c1-18-8-4-10-19-9-3-7-14(17)16-13-6-2-5-12(15)11-13/h2,5-6,11H,3-4,7-10,15H2,1H3,(H,16,17). The lowest BCUT2D eigenvalue weighted by atomic mass is 10.2. The fourth-order valence-electron chi connectivity index (χ4n) is 1.58. The SMILES string of the molecule is COCCCSCCCC(=O)Nc1cccc(N)c1. The molecular formula is C14H22N2O2S. The molecule has 0 saturated heterocycles. The maximum Gasteiger partial charge on any atom is 0.224 e. The summed E-state index contributed by atoms with van der Waals surface area (Å²) in [7, 11) is 1.71. The Morgan fingerprint density at radius 1 is 1.37 bits per heavy atom. The van der Waals surface area contributed by atoms with E-state index in [4.69, 9.17) is 10.5 Å². The molecule has 0 aromatic heterocycles. The van der Waals surface area contributed by atoms with Crippen LogP contribution in [0.1, 0.15) is 19.3 Å². The molecule has 0 aliphatic carbocycles. The van der Waals surface area contributed by atoms with Gasteiger partial charge < -0.3 is 15.8 Å². The first-order valence-electron chi connectivity index (χ1n) is 6.44. The van der Waals surface area contributed by atoms with Gasteiger partial charge >= 0.3 is 0 Å². The number of methoxy groups -OCH3 is 1. The number of amides is 1. The van der Waals surface area contributed by atoms with Crippen LogP contribution < -0.4 is 11.1 Å². The highest BCUT2D eigenvalue weighted by molar-refractivity contribution is 7.99. The number of anilines is 2. The van der Waals surface area contributed by atoms with Crippen molar-refractivity contribution in [1.29, 1.82) is 0 Å². The summed E-state index contributed by atoms with van der Waals surface area (Å²) in [5.74, 6) is 2.14. The number of ether oxygens (including phenoxy) is 1. The summed E-state index contributed by atoms with van der Waals surface area (Å²) in [6.45, 7) is 0.808. The number of carbonyl (C=O) groups is 1. The molecule has 0 atom stereocenters. The lowest BCUT2D eigenvalue weighted by Gasteiger charge is -2.06. The molecule has 5 heteroatoms. The summed E-state index contributed by atoms with van der Waals surface area (Å²) >= 11 is 1.86. The second kappa shape index (κ2) is 9.69. The van der Waals surface area contributed by atoms with Gasteiger partial charge in [0.2, 0.25) is 5.91 Å². The summed E-state index contributed by atoms with van der Waals surface area (Å²) in [5, 5.41) is 2.85. The number of hydrogen-bond donors (Lipinski definition) is 2. The number of nitrogen functional groups attached to an aromatic ring is 1. The van der Waals surface area contributed by atoms with Gasteiger partial charge in [-0.05, 0) is 42.5 Å². The van der Waals surface area contributed by atoms with Gasteiger partial charge in [-0.3, -0.25) is 4.79 Å². The molecule has 4 nitrogen and oxygen atoms in total. The summed E-state index contributed by atoms with van der Waals surface area (Å²) < 4.78 is 4.97. The van der Waals surface area contributed by atoms with Gasteiger partial charge in [0, 0.05) is 31.5 Å². The van der Waals surface area contributed by atoms with Gasteiger partial charge in [-0.15, -0.1) is 0 Å². The molecule has 1 aromatic carbocycles. The van der Waals surface area contributed by atoms with Crippen molar-refractivity contribution in [2.45, 2.75) is 19.3 Å². The van der Waals surface area contributed by atoms with E-state index in [0.717, 1.165) is 36.6 Å². The normalized spacial score (nSPS) is 10.4. The van der Waals surface area contributed by atoms with Crippen molar-refractivity contribution in [3.05, 3.63) is 24.3 Å². The third kappa shape index (κ3) is 7.74. The van der Waals surface area contributed by atoms with Crippen LogP contribution in [-0.2, 0) is 9.53 Å². The van der Waals surface area contributed by atoms with Crippen molar-refractivity contribution in [3.63, 3.8) is 0 Å². The first-order chi connectivity index (χ1) is 9.22. The summed E-state index contributed by atoms with van der Waals surface area (Å²) in [6.07, 6.45) is 2.51. The molecule has 0 heterocycles. The summed E-state index contributed by atoms with van der Waals surface area (Å²) in [5.41, 5.74) is 7.07. The molecule has 1 amide bonds. The van der Waals surface area contributed by atoms with E-state index in [1.54, 1.807) is 19.2 Å². The van der Waals surface area contributed by atoms with Gasteiger partial charge in [0.05, 0.1) is 0 Å². The van der Waals surface area contributed by atoms with Crippen LogP contribution >= 0.6 is 11.8 Å². The maximum absolute atomic E-state index is 11.7. The minimum absolute atomic E-state index is 0.0445. The van der Waals surface area contributed by atoms with E-state index in [1.807, 2.05) is 23.9 Å². The van der Waals surface area contributed by atoms with Gasteiger partial charge in [-0.1, -0.05) is 6.07 Å². The van der Waals surface area contributed by atoms with Crippen LogP contribution in [0.25, 0.3) is 0 Å². The third-order valence-corrected chi connectivity index (χ3v) is 3.65. The zero-order valence-electron chi connectivity index (χ0n) is 11.4. The van der Waals surface area contributed by atoms with Gasteiger partial charge in [-0.25, -0.2) is 0 Å². The number of rotatable bonds is 9. The van der Waals surface area contributed by atoms with E-state index in [-0.39, 0.29) is 5.91 Å². The molecule has 3 N–H and O–H groups in total. The Hall–Kier alpha value is -1.20. The highest BCUT2D eigenvalue weighted by Gasteiger charge is 2.02. The largest absolute Gasteiger partial charge is 0.399 e. The minimum atomic E-state index is 0.0445. The van der Waals surface area contributed by atoms with Crippen molar-refractivity contribution in [2.75, 3.05) is 36.3 Å². The Bertz CT molecular complexity index is 385. The molecule has 0 spiro atoms. The van der Waals surface area contributed by atoms with Crippen molar-refractivity contribution in [3.8, 4) is 0 Å². The van der Waals surface area contributed by atoms with Gasteiger partial charge in [0.25, 0.3) is 0 Å². The van der Waals surface area contributed by atoms with Gasteiger partial charge in [0.15, 0.2) is 0 Å². The van der Waals surface area contributed by atoms with E-state index in [9.17, 15) is 4.79 Å². The number of nitrogens with two attached hydrogens (primary N) is 1. The van der Waals surface area contributed by atoms with E-state index in [1.165, 1.54) is 0 Å². The van der Waals surface area contributed by atoms with Crippen molar-refractivity contribution in [1.82, 2.24) is 0 Å². The number of thioether (sulfide) groups is 1. The minimum Gasteiger partial charge on any atom is -0.399 e. The maximum atomic E-state index is 11.7. The molecule has 0 radical (unpaired) electrons. The zero-order valence-corrected chi connectivity index (χ0v) is 12.2. The van der Waals surface area contributed by atoms with E-state index in [2.05, 4.69) is 5.32 Å². The number of carbonyl (C=O) groups excluding carboxylic acids is 1. The number of nitrogens with one attached hydrogen (secondary N) is 1. The summed E-state index contributed by atoms with van der Waals surface area (Å²) in [4.78, 5) is 11.7. The average molecular weight is 282 g/mol. The van der Waals surface area contributed by atoms with Crippen LogP contribution in [0, 0.1) is 0 Å². The molecule has 19 heavy (non-hydrogen) atoms. The molecule has 0 fully saturated rings. The van der Waals surface area contributed by atoms with Crippen LogP contribution in [0.2, 0.25) is 0 Å². The van der Waals surface area contributed by atoms with Gasteiger partial charge in [0.1, 0.15) is 0 Å². The molecule has 0 unspecified atom stereocenters. The molecule has 0 aliphatic heterocycles. The molecule has 106 valence electrons. The van der Waals surface area contributed by atoms with Crippen LogP contribution in [0.5, 0.6) is 0 Å². The Balaban J connectivity index is 2.08. The predicted octanol–water partition coefficient (Wildman–Crippen LogP) is 2.76. The number of benzene rings is 1. The van der Waals surface area contributed by atoms with E-state index in [0.29, 0.717) is 12.1 Å². The Morgan fingerprint density at radius 3 is 2.89 bits per heavy atom. The van der Waals surface area contributed by atoms with Crippen molar-refractivity contribution >= 4 is 29.0 Å². The highest BCUT2D eigenvalue weighted by atomic mass is 32.2.